The van der Waals surface area contributed by atoms with Gasteiger partial charge in [-0.2, -0.15) is 0 Å². The summed E-state index contributed by atoms with van der Waals surface area (Å²) >= 11 is 0. The average molecular weight is 221 g/mol. The van der Waals surface area contributed by atoms with E-state index in [0.29, 0.717) is 0 Å². The van der Waals surface area contributed by atoms with Crippen LogP contribution in [0, 0.1) is 5.92 Å². The first-order valence-electron chi connectivity index (χ1n) is 5.70. The molecule has 16 heavy (non-hydrogen) atoms. The van der Waals surface area contributed by atoms with Gasteiger partial charge in [-0.05, 0) is 44.6 Å². The first kappa shape index (κ1) is 11.4. The molecule has 3 heteroatoms. The SMILES string of the molecule is CN1CCC(C(C)(O)c2cccc(O)c2)C1. The fraction of sp³-hybridized carbons (Fsp3) is 0.538. The average Bonchev–Trinajstić information content (AvgIpc) is 2.65. The van der Waals surface area contributed by atoms with Crippen molar-refractivity contribution < 1.29 is 10.2 Å². The number of rotatable bonds is 2. The van der Waals surface area contributed by atoms with Gasteiger partial charge >= 0.3 is 0 Å². The maximum Gasteiger partial charge on any atom is 0.115 e. The first-order valence-corrected chi connectivity index (χ1v) is 5.70. The summed E-state index contributed by atoms with van der Waals surface area (Å²) in [5.74, 6) is 0.448. The topological polar surface area (TPSA) is 43.7 Å². The lowest BCUT2D eigenvalue weighted by molar-refractivity contribution is -0.00137. The number of phenols is 1. The van der Waals surface area contributed by atoms with Crippen LogP contribution in [0.25, 0.3) is 0 Å². The van der Waals surface area contributed by atoms with Gasteiger partial charge in [-0.25, -0.2) is 0 Å². The van der Waals surface area contributed by atoms with Crippen molar-refractivity contribution in [1.29, 1.82) is 0 Å². The highest BCUT2D eigenvalue weighted by molar-refractivity contribution is 5.31. The van der Waals surface area contributed by atoms with Crippen molar-refractivity contribution >= 4 is 0 Å². The van der Waals surface area contributed by atoms with Gasteiger partial charge < -0.3 is 15.1 Å². The van der Waals surface area contributed by atoms with E-state index in [4.69, 9.17) is 0 Å². The number of nitrogens with zero attached hydrogens (tertiary/aromatic N) is 1. The molecule has 0 bridgehead atoms. The summed E-state index contributed by atoms with van der Waals surface area (Å²) < 4.78 is 0. The van der Waals surface area contributed by atoms with Crippen LogP contribution in [0.2, 0.25) is 0 Å². The normalized spacial score (nSPS) is 25.6. The van der Waals surface area contributed by atoms with E-state index in [1.165, 1.54) is 0 Å². The van der Waals surface area contributed by atoms with Gasteiger partial charge in [0.1, 0.15) is 5.75 Å². The highest BCUT2D eigenvalue weighted by Gasteiger charge is 2.37. The van der Waals surface area contributed by atoms with Crippen LogP contribution in [0.1, 0.15) is 18.9 Å². The van der Waals surface area contributed by atoms with Gasteiger partial charge in [-0.3, -0.25) is 0 Å². The molecule has 2 rings (SSSR count). The molecule has 2 unspecified atom stereocenters. The lowest BCUT2D eigenvalue weighted by Crippen LogP contribution is -2.33. The van der Waals surface area contributed by atoms with Crippen LogP contribution in [-0.2, 0) is 5.60 Å². The van der Waals surface area contributed by atoms with Crippen molar-refractivity contribution in [1.82, 2.24) is 4.90 Å². The van der Waals surface area contributed by atoms with Gasteiger partial charge in [0.25, 0.3) is 0 Å². The number of hydrogen-bond acceptors (Lipinski definition) is 3. The molecule has 3 nitrogen and oxygen atoms in total. The summed E-state index contributed by atoms with van der Waals surface area (Å²) in [6.45, 7) is 3.77. The van der Waals surface area contributed by atoms with Crippen molar-refractivity contribution in [3.05, 3.63) is 29.8 Å². The molecule has 1 heterocycles. The Kier molecular flexibility index (Phi) is 2.91. The Balaban J connectivity index is 2.24. The fourth-order valence-electron chi connectivity index (χ4n) is 2.45. The zero-order valence-electron chi connectivity index (χ0n) is 9.85. The zero-order valence-corrected chi connectivity index (χ0v) is 9.85. The van der Waals surface area contributed by atoms with Crippen molar-refractivity contribution in [3.63, 3.8) is 0 Å². The molecule has 0 saturated carbocycles. The van der Waals surface area contributed by atoms with Gasteiger partial charge in [0, 0.05) is 12.5 Å². The number of benzene rings is 1. The second-order valence-corrected chi connectivity index (χ2v) is 4.95. The van der Waals surface area contributed by atoms with Crippen LogP contribution >= 0.6 is 0 Å². The number of aliphatic hydroxyl groups is 1. The van der Waals surface area contributed by atoms with Crippen molar-refractivity contribution in [3.8, 4) is 5.75 Å². The third-order valence-electron chi connectivity index (χ3n) is 3.62. The molecule has 1 aliphatic rings. The summed E-state index contributed by atoms with van der Waals surface area (Å²) in [6.07, 6.45) is 0.999. The summed E-state index contributed by atoms with van der Waals surface area (Å²) in [5.41, 5.74) is -0.0587. The quantitative estimate of drug-likeness (QED) is 0.796. The Bertz CT molecular complexity index is 376. The Morgan fingerprint density at radius 1 is 1.44 bits per heavy atom. The molecule has 1 saturated heterocycles. The molecule has 1 fully saturated rings. The van der Waals surface area contributed by atoms with E-state index >= 15 is 0 Å². The highest BCUT2D eigenvalue weighted by atomic mass is 16.3. The molecule has 0 aliphatic carbocycles. The van der Waals surface area contributed by atoms with Gasteiger partial charge in [-0.15, -0.1) is 0 Å². The molecule has 2 atom stereocenters. The van der Waals surface area contributed by atoms with Crippen molar-refractivity contribution in [2.24, 2.45) is 5.92 Å². The third kappa shape index (κ3) is 2.06. The smallest absolute Gasteiger partial charge is 0.115 e. The summed E-state index contributed by atoms with van der Waals surface area (Å²) in [4.78, 5) is 2.22. The maximum absolute atomic E-state index is 10.6. The van der Waals surface area contributed by atoms with E-state index in [0.717, 1.165) is 25.1 Å². The Labute approximate surface area is 96.3 Å². The van der Waals surface area contributed by atoms with E-state index < -0.39 is 5.60 Å². The summed E-state index contributed by atoms with van der Waals surface area (Å²) in [6, 6.07) is 6.93. The Hall–Kier alpha value is -1.06. The molecule has 0 amide bonds. The number of hydrogen-bond donors (Lipinski definition) is 2. The Morgan fingerprint density at radius 2 is 2.19 bits per heavy atom. The number of likely N-dealkylation sites (tertiary alicyclic amines) is 1. The lowest BCUT2D eigenvalue weighted by atomic mass is 9.82. The molecule has 88 valence electrons. The molecular formula is C13H19NO2. The number of aromatic hydroxyl groups is 1. The largest absolute Gasteiger partial charge is 0.508 e. The second-order valence-electron chi connectivity index (χ2n) is 4.95. The zero-order chi connectivity index (χ0) is 11.8. The van der Waals surface area contributed by atoms with Crippen LogP contribution in [0.5, 0.6) is 5.75 Å². The van der Waals surface area contributed by atoms with E-state index in [1.807, 2.05) is 13.0 Å². The predicted molar refractivity (Wildman–Crippen MR) is 63.3 cm³/mol. The van der Waals surface area contributed by atoms with Crippen molar-refractivity contribution in [2.45, 2.75) is 18.9 Å². The van der Waals surface area contributed by atoms with E-state index in [2.05, 4.69) is 11.9 Å². The molecular weight excluding hydrogens is 202 g/mol. The first-order chi connectivity index (χ1) is 7.50. The van der Waals surface area contributed by atoms with Gasteiger partial charge in [0.05, 0.1) is 5.60 Å². The molecule has 0 spiro atoms. The second kappa shape index (κ2) is 4.07. The standard InChI is InChI=1S/C13H19NO2/c1-13(16,11-6-7-14(2)9-11)10-4-3-5-12(15)8-10/h3-5,8,11,15-16H,6-7,9H2,1-2H3. The van der Waals surface area contributed by atoms with Crippen LogP contribution in [0.15, 0.2) is 24.3 Å². The molecule has 1 aliphatic heterocycles. The van der Waals surface area contributed by atoms with E-state index in [1.54, 1.807) is 18.2 Å². The van der Waals surface area contributed by atoms with Crippen molar-refractivity contribution in [2.75, 3.05) is 20.1 Å². The number of phenolic OH excluding ortho intramolecular Hbond substituents is 1. The van der Waals surface area contributed by atoms with Crippen LogP contribution < -0.4 is 0 Å². The van der Waals surface area contributed by atoms with Crippen LogP contribution in [-0.4, -0.2) is 35.3 Å². The fourth-order valence-corrected chi connectivity index (χ4v) is 2.45. The van der Waals surface area contributed by atoms with E-state index in [9.17, 15) is 10.2 Å². The predicted octanol–water partition coefficient (Wildman–Crippen LogP) is 1.55. The van der Waals surface area contributed by atoms with Crippen LogP contribution in [0.3, 0.4) is 0 Å². The lowest BCUT2D eigenvalue weighted by Gasteiger charge is -2.30. The summed E-state index contributed by atoms with van der Waals surface area (Å²) in [5, 5.41) is 20.0. The van der Waals surface area contributed by atoms with Gasteiger partial charge in [0.15, 0.2) is 0 Å². The van der Waals surface area contributed by atoms with Gasteiger partial charge in [-0.1, -0.05) is 12.1 Å². The molecule has 0 radical (unpaired) electrons. The minimum atomic E-state index is -0.858. The van der Waals surface area contributed by atoms with Gasteiger partial charge in [0.2, 0.25) is 0 Å². The molecule has 1 aromatic carbocycles. The third-order valence-corrected chi connectivity index (χ3v) is 3.62. The highest BCUT2D eigenvalue weighted by Crippen LogP contribution is 2.36. The summed E-state index contributed by atoms with van der Waals surface area (Å²) in [7, 11) is 2.07. The minimum absolute atomic E-state index is 0.212. The molecule has 2 N–H and O–H groups in total. The van der Waals surface area contributed by atoms with Crippen LogP contribution in [0.4, 0.5) is 0 Å². The maximum atomic E-state index is 10.6. The Morgan fingerprint density at radius 3 is 2.75 bits per heavy atom. The van der Waals surface area contributed by atoms with E-state index in [-0.39, 0.29) is 11.7 Å². The molecule has 0 aromatic heterocycles. The monoisotopic (exact) mass is 221 g/mol. The molecule has 1 aromatic rings. The minimum Gasteiger partial charge on any atom is -0.508 e.